The summed E-state index contributed by atoms with van der Waals surface area (Å²) in [7, 11) is 1.60. The number of carbonyl (C=O) groups excluding carboxylic acids is 1. The zero-order valence-electron chi connectivity index (χ0n) is 19.9. The number of anilines is 1. The van der Waals surface area contributed by atoms with Crippen LogP contribution in [-0.4, -0.2) is 23.0 Å². The summed E-state index contributed by atoms with van der Waals surface area (Å²) in [5.41, 5.74) is 5.23. The highest BCUT2D eigenvalue weighted by atomic mass is 16.5. The van der Waals surface area contributed by atoms with E-state index >= 15 is 0 Å². The van der Waals surface area contributed by atoms with Crippen LogP contribution in [-0.2, 0) is 0 Å². The number of imidazole rings is 1. The Labute approximate surface area is 212 Å². The minimum atomic E-state index is -0.326. The molecule has 0 saturated heterocycles. The Morgan fingerprint density at radius 1 is 0.919 bits per heavy atom. The van der Waals surface area contributed by atoms with E-state index in [-0.39, 0.29) is 11.5 Å². The summed E-state index contributed by atoms with van der Waals surface area (Å²) < 4.78 is 11.4. The van der Waals surface area contributed by atoms with Crippen LogP contribution >= 0.6 is 0 Å². The Morgan fingerprint density at radius 3 is 2.57 bits per heavy atom. The molecular formula is C30H22N4O3. The van der Waals surface area contributed by atoms with Gasteiger partial charge >= 0.3 is 0 Å². The summed E-state index contributed by atoms with van der Waals surface area (Å²) in [6.45, 7) is 0. The van der Waals surface area contributed by atoms with E-state index in [9.17, 15) is 4.79 Å². The highest BCUT2D eigenvalue weighted by Crippen LogP contribution is 2.23. The molecule has 7 heteroatoms. The second kappa shape index (κ2) is 9.47. The molecule has 6 aromatic rings. The van der Waals surface area contributed by atoms with Gasteiger partial charge in [0.1, 0.15) is 22.7 Å². The molecule has 1 amide bonds. The average Bonchev–Trinajstić information content (AvgIpc) is 3.37. The molecule has 0 fully saturated rings. The van der Waals surface area contributed by atoms with E-state index in [1.165, 1.54) is 0 Å². The number of amides is 1. The van der Waals surface area contributed by atoms with Crippen molar-refractivity contribution in [1.29, 1.82) is 0 Å². The number of para-hydroxylation sites is 3. The number of nitrogens with one attached hydrogen (secondary N) is 2. The molecule has 0 unspecified atom stereocenters. The van der Waals surface area contributed by atoms with Crippen LogP contribution in [0.4, 0.5) is 11.4 Å². The summed E-state index contributed by atoms with van der Waals surface area (Å²) >= 11 is 0. The number of rotatable bonds is 5. The maximum absolute atomic E-state index is 13.4. The van der Waals surface area contributed by atoms with E-state index in [1.807, 2.05) is 91.0 Å². The van der Waals surface area contributed by atoms with Crippen molar-refractivity contribution in [3.63, 3.8) is 0 Å². The molecule has 0 spiro atoms. The van der Waals surface area contributed by atoms with E-state index in [1.54, 1.807) is 19.2 Å². The number of aromatic amines is 1. The number of aromatic nitrogens is 2. The predicted octanol–water partition coefficient (Wildman–Crippen LogP) is 6.47. The molecule has 0 aliphatic carbocycles. The standard InChI is InChI=1S/C30H22N4O3/c1-36-23-9-6-8-22(18-23)32-30-24(17-20-7-2-5-12-27(20)37-30)29(35)31-21-15-13-19(14-16-21)28-33-25-10-3-4-11-26(25)34-28/h2-18H,1H3,(H,31,35)(H,33,34). The van der Waals surface area contributed by atoms with E-state index in [4.69, 9.17) is 9.15 Å². The van der Waals surface area contributed by atoms with Crippen molar-refractivity contribution >= 4 is 39.3 Å². The molecule has 2 N–H and O–H groups in total. The molecule has 4 aromatic carbocycles. The van der Waals surface area contributed by atoms with Gasteiger partial charge in [-0.1, -0.05) is 36.4 Å². The lowest BCUT2D eigenvalue weighted by Gasteiger charge is -2.08. The van der Waals surface area contributed by atoms with E-state index in [0.717, 1.165) is 27.8 Å². The number of ether oxygens (including phenoxy) is 1. The van der Waals surface area contributed by atoms with Crippen molar-refractivity contribution in [2.45, 2.75) is 0 Å². The lowest BCUT2D eigenvalue weighted by atomic mass is 10.1. The minimum absolute atomic E-state index is 0.211. The average molecular weight is 487 g/mol. The third-order valence-electron chi connectivity index (χ3n) is 5.99. The van der Waals surface area contributed by atoms with E-state index < -0.39 is 0 Å². The van der Waals surface area contributed by atoms with Crippen LogP contribution in [0.5, 0.6) is 5.75 Å². The summed E-state index contributed by atoms with van der Waals surface area (Å²) in [5.74, 6) is 1.11. The molecule has 0 atom stereocenters. The lowest BCUT2D eigenvalue weighted by molar-refractivity contribution is 0.102. The van der Waals surface area contributed by atoms with Crippen LogP contribution in [0.3, 0.4) is 0 Å². The van der Waals surface area contributed by atoms with Gasteiger partial charge in [-0.3, -0.25) is 4.79 Å². The molecular weight excluding hydrogens is 464 g/mol. The number of nitrogens with zero attached hydrogens (tertiary/aromatic N) is 2. The van der Waals surface area contributed by atoms with Crippen molar-refractivity contribution in [3.05, 3.63) is 114 Å². The number of carbonyl (C=O) groups is 1. The number of benzene rings is 4. The van der Waals surface area contributed by atoms with Crippen LogP contribution < -0.4 is 15.6 Å². The van der Waals surface area contributed by atoms with Gasteiger partial charge in [-0.15, -0.1) is 0 Å². The Balaban J connectivity index is 1.33. The number of hydrogen-bond donors (Lipinski definition) is 2. The molecule has 0 aliphatic heterocycles. The van der Waals surface area contributed by atoms with Crippen molar-refractivity contribution < 1.29 is 13.9 Å². The molecule has 0 saturated carbocycles. The maximum Gasteiger partial charge on any atom is 0.261 e. The van der Waals surface area contributed by atoms with Crippen molar-refractivity contribution in [2.75, 3.05) is 12.4 Å². The fourth-order valence-electron chi connectivity index (χ4n) is 4.11. The smallest absolute Gasteiger partial charge is 0.261 e. The van der Waals surface area contributed by atoms with Gasteiger partial charge in [0, 0.05) is 22.7 Å². The molecule has 2 aromatic heterocycles. The van der Waals surface area contributed by atoms with E-state index in [0.29, 0.717) is 28.3 Å². The highest BCUT2D eigenvalue weighted by Gasteiger charge is 2.14. The second-order valence-corrected chi connectivity index (χ2v) is 8.45. The largest absolute Gasteiger partial charge is 0.497 e. The molecule has 7 nitrogen and oxygen atoms in total. The topological polar surface area (TPSA) is 92.5 Å². The van der Waals surface area contributed by atoms with Crippen LogP contribution in [0.15, 0.2) is 113 Å². The van der Waals surface area contributed by atoms with Gasteiger partial charge in [-0.2, -0.15) is 0 Å². The van der Waals surface area contributed by atoms with Gasteiger partial charge < -0.3 is 19.5 Å². The fraction of sp³-hybridized carbons (Fsp3) is 0.0333. The number of H-pyrrole nitrogens is 1. The number of fused-ring (bicyclic) bond motifs is 2. The Hall–Kier alpha value is -5.17. The first-order valence-corrected chi connectivity index (χ1v) is 11.7. The predicted molar refractivity (Wildman–Crippen MR) is 144 cm³/mol. The van der Waals surface area contributed by atoms with Gasteiger partial charge in [-0.05, 0) is 60.7 Å². The molecule has 0 bridgehead atoms. The highest BCUT2D eigenvalue weighted by molar-refractivity contribution is 6.05. The van der Waals surface area contributed by atoms with Gasteiger partial charge in [0.15, 0.2) is 0 Å². The molecule has 2 heterocycles. The van der Waals surface area contributed by atoms with Crippen molar-refractivity contribution in [2.24, 2.45) is 4.99 Å². The number of hydrogen-bond acceptors (Lipinski definition) is 5. The van der Waals surface area contributed by atoms with Crippen molar-refractivity contribution in [1.82, 2.24) is 9.97 Å². The summed E-state index contributed by atoms with van der Waals surface area (Å²) in [6, 6.07) is 32.0. The maximum atomic E-state index is 13.4. The first kappa shape index (κ1) is 22.3. The van der Waals surface area contributed by atoms with Gasteiger partial charge in [0.2, 0.25) is 5.55 Å². The molecule has 180 valence electrons. The normalized spacial score (nSPS) is 11.6. The van der Waals surface area contributed by atoms with Gasteiger partial charge in [0.25, 0.3) is 5.91 Å². The van der Waals surface area contributed by atoms with Gasteiger partial charge in [-0.25, -0.2) is 9.98 Å². The number of methoxy groups -OCH3 is 1. The summed E-state index contributed by atoms with van der Waals surface area (Å²) in [5, 5.41) is 3.77. The van der Waals surface area contributed by atoms with Crippen LogP contribution in [0, 0.1) is 0 Å². The van der Waals surface area contributed by atoms with Crippen LogP contribution in [0.1, 0.15) is 10.4 Å². The first-order chi connectivity index (χ1) is 18.2. The van der Waals surface area contributed by atoms with Crippen molar-refractivity contribution in [3.8, 4) is 17.1 Å². The first-order valence-electron chi connectivity index (χ1n) is 11.7. The second-order valence-electron chi connectivity index (χ2n) is 8.45. The van der Waals surface area contributed by atoms with E-state index in [2.05, 4.69) is 20.3 Å². The molecule has 0 aliphatic rings. The van der Waals surface area contributed by atoms with Crippen LogP contribution in [0.25, 0.3) is 33.4 Å². The Bertz CT molecular complexity index is 1780. The minimum Gasteiger partial charge on any atom is -0.497 e. The third-order valence-corrected chi connectivity index (χ3v) is 5.99. The molecule has 37 heavy (non-hydrogen) atoms. The zero-order valence-corrected chi connectivity index (χ0v) is 19.9. The lowest BCUT2D eigenvalue weighted by Crippen LogP contribution is -2.21. The monoisotopic (exact) mass is 486 g/mol. The van der Waals surface area contributed by atoms with Crippen LogP contribution in [0.2, 0.25) is 0 Å². The zero-order chi connectivity index (χ0) is 25.2. The molecule has 0 radical (unpaired) electrons. The fourth-order valence-corrected chi connectivity index (χ4v) is 4.11. The van der Waals surface area contributed by atoms with Gasteiger partial charge in [0.05, 0.1) is 23.8 Å². The third kappa shape index (κ3) is 4.58. The Morgan fingerprint density at radius 2 is 1.73 bits per heavy atom. The summed E-state index contributed by atoms with van der Waals surface area (Å²) in [4.78, 5) is 26.0. The SMILES string of the molecule is COc1cccc(N=c2oc3ccccc3cc2C(=O)Nc2ccc(-c3nc4ccccc4[nH]3)cc2)c1. The quantitative estimate of drug-likeness (QED) is 0.292. The Kier molecular flexibility index (Phi) is 5.71. The molecule has 6 rings (SSSR count). The summed E-state index contributed by atoms with van der Waals surface area (Å²) in [6.07, 6.45) is 0.